The fraction of sp³-hybridized carbons (Fsp3) is 0.0833. The number of carbonyl (C=O) groups excluding carboxylic acids is 1. The number of rotatable bonds is 3. The average molecular weight is 313 g/mol. The number of ether oxygens (including phenoxy) is 1. The van der Waals surface area contributed by atoms with Crippen molar-refractivity contribution in [3.63, 3.8) is 0 Å². The van der Waals surface area contributed by atoms with Crippen molar-refractivity contribution in [3.8, 4) is 5.75 Å². The van der Waals surface area contributed by atoms with Crippen LogP contribution in [-0.2, 0) is 0 Å². The van der Waals surface area contributed by atoms with Gasteiger partial charge in [0.05, 0.1) is 12.7 Å². The van der Waals surface area contributed by atoms with Crippen LogP contribution in [0.1, 0.15) is 10.4 Å². The Hall–Kier alpha value is -2.05. The van der Waals surface area contributed by atoms with Crippen molar-refractivity contribution in [3.05, 3.63) is 40.3 Å². The molecule has 0 saturated heterocycles. The molecule has 1 heterocycles. The zero-order valence-electron chi connectivity index (χ0n) is 10.4. The highest BCUT2D eigenvalue weighted by atomic mass is 35.5. The summed E-state index contributed by atoms with van der Waals surface area (Å²) in [6.45, 7) is 0. The van der Waals surface area contributed by atoms with Gasteiger partial charge in [-0.2, -0.15) is 0 Å². The van der Waals surface area contributed by atoms with Crippen LogP contribution in [0.2, 0.25) is 10.2 Å². The van der Waals surface area contributed by atoms with Gasteiger partial charge in [0.25, 0.3) is 5.91 Å². The Labute approximate surface area is 124 Å². The Morgan fingerprint density at radius 3 is 2.80 bits per heavy atom. The van der Waals surface area contributed by atoms with Crippen molar-refractivity contribution >= 4 is 40.6 Å². The molecule has 0 spiro atoms. The van der Waals surface area contributed by atoms with E-state index < -0.39 is 5.91 Å². The number of nitrogens with two attached hydrogens (primary N) is 1. The number of anilines is 2. The molecular weight excluding hydrogens is 303 g/mol. The summed E-state index contributed by atoms with van der Waals surface area (Å²) in [4.78, 5) is 19.7. The molecule has 0 radical (unpaired) electrons. The third kappa shape index (κ3) is 2.92. The lowest BCUT2D eigenvalue weighted by Gasteiger charge is -2.09. The smallest absolute Gasteiger partial charge is 0.259 e. The van der Waals surface area contributed by atoms with E-state index in [4.69, 9.17) is 33.7 Å². The number of nitrogens with one attached hydrogen (secondary N) is 1. The lowest BCUT2D eigenvalue weighted by Crippen LogP contribution is -2.15. The molecule has 2 aromatic rings. The van der Waals surface area contributed by atoms with Crippen molar-refractivity contribution in [2.75, 3.05) is 18.2 Å². The van der Waals surface area contributed by atoms with Gasteiger partial charge in [-0.25, -0.2) is 9.97 Å². The quantitative estimate of drug-likeness (QED) is 0.671. The topological polar surface area (TPSA) is 90.1 Å². The fourth-order valence-corrected chi connectivity index (χ4v) is 1.75. The van der Waals surface area contributed by atoms with Gasteiger partial charge in [-0.3, -0.25) is 4.79 Å². The maximum Gasteiger partial charge on any atom is 0.259 e. The van der Waals surface area contributed by atoms with Crippen LogP contribution < -0.4 is 15.8 Å². The summed E-state index contributed by atoms with van der Waals surface area (Å²) in [6.07, 6.45) is 1.19. The highest BCUT2D eigenvalue weighted by molar-refractivity contribution is 6.43. The standard InChI is InChI=1S/C12H10Cl2N4O2/c1-20-6-2-3-8(15)7(4-6)12(19)18-11-9(13)10(14)16-5-17-11/h2-5H,15H2,1H3,(H,16,17,18,19). The molecule has 20 heavy (non-hydrogen) atoms. The SMILES string of the molecule is COc1ccc(N)c(C(=O)Nc2ncnc(Cl)c2Cl)c1. The predicted molar refractivity (Wildman–Crippen MR) is 77.4 cm³/mol. The minimum absolute atomic E-state index is 0.0515. The molecule has 1 amide bonds. The summed E-state index contributed by atoms with van der Waals surface area (Å²) in [5.41, 5.74) is 6.31. The number of hydrogen-bond acceptors (Lipinski definition) is 5. The highest BCUT2D eigenvalue weighted by Crippen LogP contribution is 2.27. The number of nitrogens with zero attached hydrogens (tertiary/aromatic N) is 2. The summed E-state index contributed by atoms with van der Waals surface area (Å²) in [5.74, 6) is 0.146. The lowest BCUT2D eigenvalue weighted by atomic mass is 10.1. The van der Waals surface area contributed by atoms with Crippen LogP contribution >= 0.6 is 23.2 Å². The monoisotopic (exact) mass is 312 g/mol. The largest absolute Gasteiger partial charge is 0.497 e. The van der Waals surface area contributed by atoms with E-state index in [1.54, 1.807) is 12.1 Å². The molecule has 1 aromatic carbocycles. The Kier molecular flexibility index (Phi) is 4.26. The van der Waals surface area contributed by atoms with Crippen molar-refractivity contribution in [1.82, 2.24) is 9.97 Å². The summed E-state index contributed by atoms with van der Waals surface area (Å²) in [5, 5.41) is 2.63. The zero-order valence-corrected chi connectivity index (χ0v) is 11.9. The molecule has 0 atom stereocenters. The van der Waals surface area contributed by atoms with Crippen LogP contribution in [0.25, 0.3) is 0 Å². The number of aromatic nitrogens is 2. The maximum atomic E-state index is 12.2. The molecule has 0 fully saturated rings. The van der Waals surface area contributed by atoms with Crippen LogP contribution in [0, 0.1) is 0 Å². The molecular formula is C12H10Cl2N4O2. The van der Waals surface area contributed by atoms with Crippen LogP contribution in [0.5, 0.6) is 5.75 Å². The molecule has 0 unspecified atom stereocenters. The Bertz CT molecular complexity index is 664. The van der Waals surface area contributed by atoms with Gasteiger partial charge >= 0.3 is 0 Å². The molecule has 8 heteroatoms. The minimum Gasteiger partial charge on any atom is -0.497 e. The number of carbonyl (C=O) groups is 1. The molecule has 0 aliphatic heterocycles. The second-order valence-corrected chi connectivity index (χ2v) is 4.47. The van der Waals surface area contributed by atoms with Crippen molar-refractivity contribution in [2.45, 2.75) is 0 Å². The molecule has 0 aliphatic rings. The Balaban J connectivity index is 2.30. The van der Waals surface area contributed by atoms with Crippen LogP contribution in [-0.4, -0.2) is 23.0 Å². The molecule has 1 aromatic heterocycles. The van der Waals surface area contributed by atoms with E-state index in [1.165, 1.54) is 19.5 Å². The first-order chi connectivity index (χ1) is 9.52. The first-order valence-electron chi connectivity index (χ1n) is 5.43. The number of hydrogen-bond donors (Lipinski definition) is 2. The Morgan fingerprint density at radius 2 is 2.10 bits per heavy atom. The minimum atomic E-state index is -0.474. The van der Waals surface area contributed by atoms with Gasteiger partial charge < -0.3 is 15.8 Å². The van der Waals surface area contributed by atoms with Gasteiger partial charge in [-0.1, -0.05) is 23.2 Å². The van der Waals surface area contributed by atoms with Gasteiger partial charge in [0.1, 0.15) is 17.1 Å². The van der Waals surface area contributed by atoms with Gasteiger partial charge in [0, 0.05) is 5.69 Å². The second kappa shape index (κ2) is 5.94. The number of methoxy groups -OCH3 is 1. The molecule has 3 N–H and O–H groups in total. The van der Waals surface area contributed by atoms with E-state index in [-0.39, 0.29) is 21.6 Å². The Morgan fingerprint density at radius 1 is 1.35 bits per heavy atom. The van der Waals surface area contributed by atoms with Crippen LogP contribution in [0.15, 0.2) is 24.5 Å². The molecule has 6 nitrogen and oxygen atoms in total. The van der Waals surface area contributed by atoms with Gasteiger partial charge in [0.15, 0.2) is 11.0 Å². The highest BCUT2D eigenvalue weighted by Gasteiger charge is 2.15. The predicted octanol–water partition coefficient (Wildman–Crippen LogP) is 2.63. The van der Waals surface area contributed by atoms with Crippen molar-refractivity contribution < 1.29 is 9.53 Å². The average Bonchev–Trinajstić information content (AvgIpc) is 2.44. The molecule has 0 bridgehead atoms. The summed E-state index contributed by atoms with van der Waals surface area (Å²) in [6, 6.07) is 4.74. The molecule has 0 aliphatic carbocycles. The second-order valence-electron chi connectivity index (χ2n) is 3.73. The normalized spacial score (nSPS) is 10.2. The summed E-state index contributed by atoms with van der Waals surface area (Å²) >= 11 is 11.6. The van der Waals surface area contributed by atoms with Crippen molar-refractivity contribution in [2.24, 2.45) is 0 Å². The van der Waals surface area contributed by atoms with Crippen LogP contribution in [0.4, 0.5) is 11.5 Å². The van der Waals surface area contributed by atoms with E-state index in [2.05, 4.69) is 15.3 Å². The van der Waals surface area contributed by atoms with E-state index >= 15 is 0 Å². The van der Waals surface area contributed by atoms with Crippen molar-refractivity contribution in [1.29, 1.82) is 0 Å². The third-order valence-electron chi connectivity index (χ3n) is 2.48. The third-order valence-corrected chi connectivity index (χ3v) is 3.23. The van der Waals surface area contributed by atoms with Crippen LogP contribution in [0.3, 0.4) is 0 Å². The van der Waals surface area contributed by atoms with Gasteiger partial charge in [-0.05, 0) is 18.2 Å². The lowest BCUT2D eigenvalue weighted by molar-refractivity contribution is 0.102. The number of amides is 1. The molecule has 2 rings (SSSR count). The van der Waals surface area contributed by atoms with E-state index in [9.17, 15) is 4.79 Å². The van der Waals surface area contributed by atoms with Gasteiger partial charge in [-0.15, -0.1) is 0 Å². The molecule has 0 saturated carbocycles. The van der Waals surface area contributed by atoms with Gasteiger partial charge in [0.2, 0.25) is 0 Å². The summed E-state index contributed by atoms with van der Waals surface area (Å²) in [7, 11) is 1.49. The van der Waals surface area contributed by atoms with E-state index in [0.29, 0.717) is 11.4 Å². The number of benzene rings is 1. The zero-order chi connectivity index (χ0) is 14.7. The van der Waals surface area contributed by atoms with E-state index in [1.807, 2.05) is 0 Å². The fourth-order valence-electron chi connectivity index (χ4n) is 1.47. The summed E-state index contributed by atoms with van der Waals surface area (Å²) < 4.78 is 5.04. The number of halogens is 2. The first kappa shape index (κ1) is 14.4. The van der Waals surface area contributed by atoms with E-state index in [0.717, 1.165) is 0 Å². The maximum absolute atomic E-state index is 12.2. The molecule has 104 valence electrons. The number of nitrogen functional groups attached to an aromatic ring is 1. The first-order valence-corrected chi connectivity index (χ1v) is 6.19.